The second kappa shape index (κ2) is 8.71. The van der Waals surface area contributed by atoms with Crippen LogP contribution in [-0.2, 0) is 6.42 Å². The van der Waals surface area contributed by atoms with Crippen LogP contribution in [-0.4, -0.2) is 23.6 Å². The minimum atomic E-state index is 0.617. The molecular weight excluding hydrogens is 338 g/mol. The van der Waals surface area contributed by atoms with Crippen LogP contribution < -0.4 is 5.32 Å². The SMILES string of the molecule is CCNC(CSC1CCCCC1)Cc1sccc1Br. The molecule has 1 nitrogen and oxygen atoms in total. The van der Waals surface area contributed by atoms with Crippen LogP contribution in [0, 0.1) is 0 Å². The highest BCUT2D eigenvalue weighted by Gasteiger charge is 2.17. The molecule has 0 spiro atoms. The summed E-state index contributed by atoms with van der Waals surface area (Å²) >= 11 is 7.72. The first-order valence-electron chi connectivity index (χ1n) is 7.36. The monoisotopic (exact) mass is 361 g/mol. The minimum absolute atomic E-state index is 0.617. The third-order valence-corrected chi connectivity index (χ3v) is 7.19. The summed E-state index contributed by atoms with van der Waals surface area (Å²) in [5.74, 6) is 1.25. The molecule has 1 heterocycles. The summed E-state index contributed by atoms with van der Waals surface area (Å²) in [6.45, 7) is 3.28. The van der Waals surface area contributed by atoms with Gasteiger partial charge < -0.3 is 5.32 Å². The lowest BCUT2D eigenvalue weighted by atomic mass is 10.0. The highest BCUT2D eigenvalue weighted by molar-refractivity contribution is 9.10. The van der Waals surface area contributed by atoms with E-state index >= 15 is 0 Å². The summed E-state index contributed by atoms with van der Waals surface area (Å²) in [6, 6.07) is 2.78. The van der Waals surface area contributed by atoms with Crippen LogP contribution in [0.15, 0.2) is 15.9 Å². The van der Waals surface area contributed by atoms with E-state index in [0.717, 1.165) is 18.2 Å². The highest BCUT2D eigenvalue weighted by Crippen LogP contribution is 2.30. The summed E-state index contributed by atoms with van der Waals surface area (Å²) in [4.78, 5) is 1.48. The largest absolute Gasteiger partial charge is 0.313 e. The van der Waals surface area contributed by atoms with Crippen LogP contribution in [0.2, 0.25) is 0 Å². The Kier molecular flexibility index (Phi) is 7.27. The van der Waals surface area contributed by atoms with E-state index in [-0.39, 0.29) is 0 Å². The number of thioether (sulfide) groups is 1. The Morgan fingerprint density at radius 1 is 1.42 bits per heavy atom. The van der Waals surface area contributed by atoms with Crippen molar-refractivity contribution >= 4 is 39.0 Å². The van der Waals surface area contributed by atoms with E-state index < -0.39 is 0 Å². The Balaban J connectivity index is 1.80. The van der Waals surface area contributed by atoms with Gasteiger partial charge in [0, 0.05) is 26.4 Å². The topological polar surface area (TPSA) is 12.0 Å². The molecule has 0 radical (unpaired) electrons. The van der Waals surface area contributed by atoms with Crippen molar-refractivity contribution in [1.82, 2.24) is 5.32 Å². The van der Waals surface area contributed by atoms with Crippen LogP contribution in [0.25, 0.3) is 0 Å². The molecule has 0 saturated heterocycles. The predicted octanol–water partition coefficient (Wildman–Crippen LogP) is 5.10. The molecule has 0 aliphatic heterocycles. The molecule has 0 amide bonds. The third-order valence-electron chi connectivity index (χ3n) is 3.70. The molecule has 1 unspecified atom stereocenters. The Morgan fingerprint density at radius 3 is 2.84 bits per heavy atom. The number of rotatable bonds is 7. The molecule has 1 aliphatic rings. The molecule has 2 rings (SSSR count). The van der Waals surface area contributed by atoms with E-state index in [2.05, 4.69) is 51.4 Å². The van der Waals surface area contributed by atoms with Crippen LogP contribution in [0.1, 0.15) is 43.9 Å². The molecule has 1 saturated carbocycles. The second-order valence-corrected chi connectivity index (χ2v) is 8.43. The summed E-state index contributed by atoms with van der Waals surface area (Å²) in [5, 5.41) is 6.75. The number of nitrogens with one attached hydrogen (secondary N) is 1. The molecule has 1 atom stereocenters. The van der Waals surface area contributed by atoms with Crippen molar-refractivity contribution < 1.29 is 0 Å². The van der Waals surface area contributed by atoms with Crippen LogP contribution in [0.5, 0.6) is 0 Å². The molecule has 0 aromatic carbocycles. The number of likely N-dealkylation sites (N-methyl/N-ethyl adjacent to an activating group) is 1. The van der Waals surface area contributed by atoms with Crippen molar-refractivity contribution in [2.75, 3.05) is 12.3 Å². The lowest BCUT2D eigenvalue weighted by Crippen LogP contribution is -2.33. The molecule has 1 aliphatic carbocycles. The first-order chi connectivity index (χ1) is 9.29. The molecule has 1 aromatic heterocycles. The number of thiophene rings is 1. The van der Waals surface area contributed by atoms with E-state index in [0.29, 0.717) is 6.04 Å². The summed E-state index contributed by atoms with van der Waals surface area (Å²) in [6.07, 6.45) is 8.38. The first kappa shape index (κ1) is 15.9. The minimum Gasteiger partial charge on any atom is -0.313 e. The van der Waals surface area contributed by atoms with Gasteiger partial charge in [0.05, 0.1) is 0 Å². The zero-order chi connectivity index (χ0) is 13.5. The summed E-state index contributed by atoms with van der Waals surface area (Å²) in [7, 11) is 0. The number of halogens is 1. The normalized spacial score (nSPS) is 18.6. The van der Waals surface area contributed by atoms with Gasteiger partial charge in [-0.1, -0.05) is 26.2 Å². The summed E-state index contributed by atoms with van der Waals surface area (Å²) < 4.78 is 1.28. The Morgan fingerprint density at radius 2 is 2.21 bits per heavy atom. The van der Waals surface area contributed by atoms with E-state index in [9.17, 15) is 0 Å². The zero-order valence-electron chi connectivity index (χ0n) is 11.7. The maximum Gasteiger partial charge on any atom is 0.0314 e. The fourth-order valence-corrected chi connectivity index (χ4v) is 5.66. The van der Waals surface area contributed by atoms with Crippen molar-refractivity contribution in [2.45, 2.75) is 56.7 Å². The molecule has 4 heteroatoms. The Labute approximate surface area is 134 Å². The Hall–Kier alpha value is 0.490. The van der Waals surface area contributed by atoms with Gasteiger partial charge >= 0.3 is 0 Å². The molecular formula is C15H24BrNS2. The number of hydrogen-bond acceptors (Lipinski definition) is 3. The summed E-state index contributed by atoms with van der Waals surface area (Å²) in [5.41, 5.74) is 0. The average Bonchev–Trinajstić information content (AvgIpc) is 2.83. The lowest BCUT2D eigenvalue weighted by Gasteiger charge is -2.24. The van der Waals surface area contributed by atoms with Gasteiger partial charge in [0.2, 0.25) is 0 Å². The fourth-order valence-electron chi connectivity index (χ4n) is 2.66. The van der Waals surface area contributed by atoms with Crippen molar-refractivity contribution in [3.63, 3.8) is 0 Å². The van der Waals surface area contributed by atoms with Crippen LogP contribution >= 0.6 is 39.0 Å². The molecule has 19 heavy (non-hydrogen) atoms. The fraction of sp³-hybridized carbons (Fsp3) is 0.733. The third kappa shape index (κ3) is 5.41. The van der Waals surface area contributed by atoms with Gasteiger partial charge in [-0.15, -0.1) is 11.3 Å². The average molecular weight is 362 g/mol. The highest BCUT2D eigenvalue weighted by atomic mass is 79.9. The van der Waals surface area contributed by atoms with Gasteiger partial charge in [0.1, 0.15) is 0 Å². The maximum absolute atomic E-state index is 3.65. The predicted molar refractivity (Wildman–Crippen MR) is 92.5 cm³/mol. The van der Waals surface area contributed by atoms with Crippen molar-refractivity contribution in [2.24, 2.45) is 0 Å². The smallest absolute Gasteiger partial charge is 0.0314 e. The van der Waals surface area contributed by atoms with Gasteiger partial charge in [-0.2, -0.15) is 11.8 Å². The zero-order valence-corrected chi connectivity index (χ0v) is 14.9. The molecule has 108 valence electrons. The van der Waals surface area contributed by atoms with Gasteiger partial charge in [-0.05, 0) is 53.2 Å². The van der Waals surface area contributed by atoms with Gasteiger partial charge in [-0.25, -0.2) is 0 Å². The van der Waals surface area contributed by atoms with Gasteiger partial charge in [0.25, 0.3) is 0 Å². The molecule has 1 fully saturated rings. The van der Waals surface area contributed by atoms with Crippen LogP contribution in [0.3, 0.4) is 0 Å². The quantitative estimate of drug-likeness (QED) is 0.724. The van der Waals surface area contributed by atoms with Gasteiger partial charge in [-0.3, -0.25) is 0 Å². The second-order valence-electron chi connectivity index (χ2n) is 5.24. The maximum atomic E-state index is 3.65. The molecule has 0 bridgehead atoms. The van der Waals surface area contributed by atoms with E-state index in [4.69, 9.17) is 0 Å². The standard InChI is InChI=1S/C15H24BrNS2/c1-2-17-12(10-15-14(16)8-9-18-15)11-19-13-6-4-3-5-7-13/h8-9,12-13,17H,2-7,10-11H2,1H3. The van der Waals surface area contributed by atoms with E-state index in [1.807, 2.05) is 11.3 Å². The van der Waals surface area contributed by atoms with Crippen molar-refractivity contribution in [1.29, 1.82) is 0 Å². The Bertz CT molecular complexity index is 361. The van der Waals surface area contributed by atoms with Crippen molar-refractivity contribution in [3.05, 3.63) is 20.8 Å². The van der Waals surface area contributed by atoms with Crippen molar-refractivity contribution in [3.8, 4) is 0 Å². The molecule has 1 N–H and O–H groups in total. The molecule has 1 aromatic rings. The van der Waals surface area contributed by atoms with E-state index in [1.165, 1.54) is 47.2 Å². The van der Waals surface area contributed by atoms with E-state index in [1.54, 1.807) is 0 Å². The number of hydrogen-bond donors (Lipinski definition) is 1. The van der Waals surface area contributed by atoms with Crippen LogP contribution in [0.4, 0.5) is 0 Å². The lowest BCUT2D eigenvalue weighted by molar-refractivity contribution is 0.513. The van der Waals surface area contributed by atoms with Gasteiger partial charge in [0.15, 0.2) is 0 Å². The first-order valence-corrected chi connectivity index (χ1v) is 10.1.